The van der Waals surface area contributed by atoms with E-state index in [1.54, 1.807) is 19.2 Å². The third-order valence-corrected chi connectivity index (χ3v) is 7.06. The molecule has 1 fully saturated rings. The Hall–Kier alpha value is -1.39. The molecule has 0 spiro atoms. The smallest absolute Gasteiger partial charge is 0.278 e. The van der Waals surface area contributed by atoms with Gasteiger partial charge in [-0.3, -0.25) is 4.79 Å². The van der Waals surface area contributed by atoms with Crippen LogP contribution in [0.4, 0.5) is 5.69 Å². The van der Waals surface area contributed by atoms with Gasteiger partial charge in [0.15, 0.2) is 0 Å². The number of carbonyl (C=O) groups is 1. The van der Waals surface area contributed by atoms with Gasteiger partial charge in [0.25, 0.3) is 10.2 Å². The molecular weight excluding hydrogens is 416 g/mol. The van der Waals surface area contributed by atoms with Gasteiger partial charge in [0, 0.05) is 51.7 Å². The molecule has 1 aromatic carbocycles. The summed E-state index contributed by atoms with van der Waals surface area (Å²) in [7, 11) is 1.16. The van der Waals surface area contributed by atoms with E-state index < -0.39 is 10.2 Å². The van der Waals surface area contributed by atoms with Crippen LogP contribution in [0, 0.1) is 5.92 Å². The van der Waals surface area contributed by atoms with Gasteiger partial charge in [-0.15, -0.1) is 0 Å². The number of ether oxygens (including phenoxy) is 1. The maximum Gasteiger partial charge on any atom is 0.278 e. The Morgan fingerprint density at radius 2 is 2.00 bits per heavy atom. The number of nitrogens with one attached hydrogen (secondary N) is 1. The summed E-state index contributed by atoms with van der Waals surface area (Å²) in [6.07, 6.45) is 2.64. The quantitative estimate of drug-likeness (QED) is 0.528. The summed E-state index contributed by atoms with van der Waals surface area (Å²) in [6, 6.07) is 3.35. The molecule has 2 rings (SSSR count). The molecule has 0 aliphatic carbocycles. The molecule has 0 atom stereocenters. The molecule has 0 bridgehead atoms. The number of ketones is 1. The zero-order valence-electron chi connectivity index (χ0n) is 17.3. The van der Waals surface area contributed by atoms with E-state index in [9.17, 15) is 13.2 Å². The van der Waals surface area contributed by atoms with Gasteiger partial charge in [0.2, 0.25) is 0 Å². The van der Waals surface area contributed by atoms with Gasteiger partial charge in [-0.1, -0.05) is 11.6 Å². The van der Waals surface area contributed by atoms with Crippen LogP contribution in [0.25, 0.3) is 0 Å². The lowest BCUT2D eigenvalue weighted by molar-refractivity contribution is -0.119. The molecule has 0 unspecified atom stereocenters. The Morgan fingerprint density at radius 1 is 1.34 bits per heavy atom. The predicted molar refractivity (Wildman–Crippen MR) is 116 cm³/mol. The van der Waals surface area contributed by atoms with Crippen LogP contribution >= 0.6 is 11.6 Å². The number of Topliss-reactive ketones (excluding diaryl/α,β-unsaturated/α-hetero) is 1. The SMILES string of the molecule is COc1cc(N)c(Cl)cc1CC(=O)CC1CCN(CCNS(=O)(=O)N(C)C)CC1. The lowest BCUT2D eigenvalue weighted by Crippen LogP contribution is -2.42. The van der Waals surface area contributed by atoms with E-state index in [1.165, 1.54) is 14.1 Å². The fourth-order valence-corrected chi connectivity index (χ4v) is 4.21. The molecule has 1 aliphatic rings. The number of benzene rings is 1. The highest BCUT2D eigenvalue weighted by Gasteiger charge is 2.23. The highest BCUT2D eigenvalue weighted by atomic mass is 35.5. The molecule has 3 N–H and O–H groups in total. The van der Waals surface area contributed by atoms with Gasteiger partial charge in [-0.2, -0.15) is 12.7 Å². The van der Waals surface area contributed by atoms with Crippen molar-refractivity contribution in [3.63, 3.8) is 0 Å². The Morgan fingerprint density at radius 3 is 2.59 bits per heavy atom. The molecule has 10 heteroatoms. The molecule has 164 valence electrons. The van der Waals surface area contributed by atoms with Crippen molar-refractivity contribution in [2.75, 3.05) is 53.1 Å². The van der Waals surface area contributed by atoms with Gasteiger partial charge in [-0.05, 0) is 37.9 Å². The second-order valence-electron chi connectivity index (χ2n) is 7.57. The molecule has 0 saturated carbocycles. The molecule has 0 radical (unpaired) electrons. The van der Waals surface area contributed by atoms with Crippen molar-refractivity contribution in [1.82, 2.24) is 13.9 Å². The van der Waals surface area contributed by atoms with Crippen molar-refractivity contribution >= 4 is 33.3 Å². The van der Waals surface area contributed by atoms with Crippen LogP contribution in [0.3, 0.4) is 0 Å². The van der Waals surface area contributed by atoms with Crippen LogP contribution < -0.4 is 15.2 Å². The van der Waals surface area contributed by atoms with E-state index in [-0.39, 0.29) is 12.2 Å². The number of methoxy groups -OCH3 is 1. The van der Waals surface area contributed by atoms with Crippen LogP contribution in [-0.2, 0) is 21.4 Å². The Bertz CT molecular complexity index is 809. The summed E-state index contributed by atoms with van der Waals surface area (Å²) in [5, 5.41) is 0.423. The lowest BCUT2D eigenvalue weighted by Gasteiger charge is -2.31. The highest BCUT2D eigenvalue weighted by molar-refractivity contribution is 7.87. The van der Waals surface area contributed by atoms with Gasteiger partial charge in [-0.25, -0.2) is 4.72 Å². The molecule has 1 heterocycles. The fourth-order valence-electron chi connectivity index (χ4n) is 3.42. The van der Waals surface area contributed by atoms with Crippen LogP contribution in [0.1, 0.15) is 24.8 Å². The van der Waals surface area contributed by atoms with E-state index in [0.717, 1.165) is 35.8 Å². The van der Waals surface area contributed by atoms with E-state index in [1.807, 2.05) is 0 Å². The molecule has 1 aromatic rings. The van der Waals surface area contributed by atoms with Crippen molar-refractivity contribution in [2.24, 2.45) is 5.92 Å². The number of likely N-dealkylation sites (tertiary alicyclic amines) is 1. The zero-order chi connectivity index (χ0) is 21.6. The topological polar surface area (TPSA) is 105 Å². The standard InChI is InChI=1S/C19H31ClN4O4S/c1-23(2)29(26,27)22-6-9-24-7-4-14(5-8-24)10-16(25)11-15-12-17(20)18(21)13-19(15)28-3/h12-14,22H,4-11,21H2,1-3H3. The number of halogens is 1. The maximum absolute atomic E-state index is 12.5. The van der Waals surface area contributed by atoms with E-state index in [2.05, 4.69) is 9.62 Å². The highest BCUT2D eigenvalue weighted by Crippen LogP contribution is 2.30. The van der Waals surface area contributed by atoms with Gasteiger partial charge in [0.1, 0.15) is 11.5 Å². The van der Waals surface area contributed by atoms with E-state index in [4.69, 9.17) is 22.1 Å². The summed E-state index contributed by atoms with van der Waals surface area (Å²) in [5.74, 6) is 1.07. The number of hydrogen-bond donors (Lipinski definition) is 2. The third kappa shape index (κ3) is 7.11. The fraction of sp³-hybridized carbons (Fsp3) is 0.632. The van der Waals surface area contributed by atoms with Crippen molar-refractivity contribution in [1.29, 1.82) is 0 Å². The van der Waals surface area contributed by atoms with Gasteiger partial charge >= 0.3 is 0 Å². The number of nitrogens with two attached hydrogens (primary N) is 1. The van der Waals surface area contributed by atoms with Gasteiger partial charge in [0.05, 0.1) is 17.8 Å². The summed E-state index contributed by atoms with van der Waals surface area (Å²) in [5.41, 5.74) is 6.97. The minimum atomic E-state index is -3.38. The van der Waals surface area contributed by atoms with Crippen molar-refractivity contribution in [3.05, 3.63) is 22.7 Å². The first-order valence-electron chi connectivity index (χ1n) is 9.65. The van der Waals surface area contributed by atoms with E-state index >= 15 is 0 Å². The number of rotatable bonds is 10. The van der Waals surface area contributed by atoms with Crippen LogP contribution in [0.15, 0.2) is 12.1 Å². The second-order valence-corrected chi connectivity index (χ2v) is 9.95. The number of piperidine rings is 1. The van der Waals surface area contributed by atoms with Crippen LogP contribution in [-0.4, -0.2) is 70.8 Å². The molecular formula is C19H31ClN4O4S. The zero-order valence-corrected chi connectivity index (χ0v) is 18.9. The van der Waals surface area contributed by atoms with E-state index in [0.29, 0.717) is 41.9 Å². The molecule has 0 aromatic heterocycles. The number of nitrogens with zero attached hydrogens (tertiary/aromatic N) is 2. The summed E-state index contributed by atoms with van der Waals surface area (Å²) in [4.78, 5) is 14.8. The lowest BCUT2D eigenvalue weighted by atomic mass is 9.90. The molecule has 8 nitrogen and oxygen atoms in total. The van der Waals surface area contributed by atoms with Crippen LogP contribution in [0.2, 0.25) is 5.02 Å². The summed E-state index contributed by atoms with van der Waals surface area (Å²) in [6.45, 7) is 2.76. The summed E-state index contributed by atoms with van der Waals surface area (Å²) >= 11 is 6.08. The average Bonchev–Trinajstić information content (AvgIpc) is 2.65. The molecule has 0 amide bonds. The average molecular weight is 447 g/mol. The molecule has 29 heavy (non-hydrogen) atoms. The first-order valence-corrected chi connectivity index (χ1v) is 11.5. The predicted octanol–water partition coefficient (Wildman–Crippen LogP) is 1.54. The minimum absolute atomic E-state index is 0.154. The minimum Gasteiger partial charge on any atom is -0.496 e. The summed E-state index contributed by atoms with van der Waals surface area (Å²) < 4.78 is 32.5. The monoisotopic (exact) mass is 446 g/mol. The largest absolute Gasteiger partial charge is 0.496 e. The van der Waals surface area contributed by atoms with Crippen molar-refractivity contribution in [2.45, 2.75) is 25.7 Å². The number of nitrogen functional groups attached to an aromatic ring is 1. The molecule has 1 aliphatic heterocycles. The van der Waals surface area contributed by atoms with Crippen molar-refractivity contribution < 1.29 is 17.9 Å². The Labute approximate surface area is 178 Å². The number of carbonyl (C=O) groups excluding carboxylic acids is 1. The molecule has 1 saturated heterocycles. The number of hydrogen-bond acceptors (Lipinski definition) is 6. The van der Waals surface area contributed by atoms with Crippen LogP contribution in [0.5, 0.6) is 5.75 Å². The second kappa shape index (κ2) is 10.6. The van der Waals surface area contributed by atoms with Crippen molar-refractivity contribution in [3.8, 4) is 5.75 Å². The Kier molecular flexibility index (Phi) is 8.72. The Balaban J connectivity index is 1.77. The van der Waals surface area contributed by atoms with Gasteiger partial charge < -0.3 is 15.4 Å². The normalized spacial score (nSPS) is 16.3. The first kappa shape index (κ1) is 23.9. The maximum atomic E-state index is 12.5. The number of anilines is 1. The third-order valence-electron chi connectivity index (χ3n) is 5.20. The first-order chi connectivity index (χ1) is 13.6.